The maximum atomic E-state index is 10.4. The number of rotatable bonds is 5. The molecule has 0 aliphatic rings. The van der Waals surface area contributed by atoms with Gasteiger partial charge in [-0.1, -0.05) is 13.8 Å². The normalized spacial score (nSPS) is 12.6. The summed E-state index contributed by atoms with van der Waals surface area (Å²) in [6.45, 7) is 3.81. The molecule has 64 valence electrons. The van der Waals surface area contributed by atoms with Crippen LogP contribution in [0.3, 0.4) is 0 Å². The van der Waals surface area contributed by atoms with Crippen LogP contribution in [0.15, 0.2) is 0 Å². The van der Waals surface area contributed by atoms with Gasteiger partial charge in [0.1, 0.15) is 6.04 Å². The monoisotopic (exact) mass is 159 g/mol. The van der Waals surface area contributed by atoms with Crippen LogP contribution < -0.4 is 5.32 Å². The van der Waals surface area contributed by atoms with Crippen molar-refractivity contribution >= 4 is 12.4 Å². The molecule has 0 aliphatic carbocycles. The average Bonchev–Trinajstić information content (AvgIpc) is 1.86. The Morgan fingerprint density at radius 3 is 2.45 bits per heavy atom. The van der Waals surface area contributed by atoms with E-state index in [1.165, 1.54) is 0 Å². The van der Waals surface area contributed by atoms with Crippen molar-refractivity contribution in [3.63, 3.8) is 0 Å². The van der Waals surface area contributed by atoms with Gasteiger partial charge in [-0.05, 0) is 12.3 Å². The van der Waals surface area contributed by atoms with Crippen molar-refractivity contribution < 1.29 is 14.7 Å². The molecule has 0 aromatic carbocycles. The molecule has 0 aromatic rings. The van der Waals surface area contributed by atoms with Crippen LogP contribution in [-0.2, 0) is 9.59 Å². The minimum absolute atomic E-state index is 0.267. The third-order valence-electron chi connectivity index (χ3n) is 1.27. The second-order valence-electron chi connectivity index (χ2n) is 2.80. The van der Waals surface area contributed by atoms with E-state index in [2.05, 4.69) is 5.32 Å². The molecule has 0 spiro atoms. The Morgan fingerprint density at radius 1 is 1.64 bits per heavy atom. The first kappa shape index (κ1) is 9.94. The first-order valence-corrected chi connectivity index (χ1v) is 3.50. The van der Waals surface area contributed by atoms with Gasteiger partial charge in [0.2, 0.25) is 6.41 Å². The molecular weight excluding hydrogens is 146 g/mol. The molecule has 0 radical (unpaired) electrons. The van der Waals surface area contributed by atoms with Crippen LogP contribution in [0.1, 0.15) is 20.3 Å². The van der Waals surface area contributed by atoms with E-state index < -0.39 is 12.0 Å². The van der Waals surface area contributed by atoms with E-state index in [-0.39, 0.29) is 5.92 Å². The highest BCUT2D eigenvalue weighted by Crippen LogP contribution is 2.03. The molecule has 0 fully saturated rings. The summed E-state index contributed by atoms with van der Waals surface area (Å²) >= 11 is 0. The summed E-state index contributed by atoms with van der Waals surface area (Å²) in [7, 11) is 0. The summed E-state index contributed by atoms with van der Waals surface area (Å²) in [6.07, 6.45) is 0.884. The molecule has 1 amide bonds. The lowest BCUT2D eigenvalue weighted by atomic mass is 10.0. The highest BCUT2D eigenvalue weighted by Gasteiger charge is 2.16. The van der Waals surface area contributed by atoms with Crippen molar-refractivity contribution in [3.05, 3.63) is 0 Å². The fourth-order valence-corrected chi connectivity index (χ4v) is 0.794. The fourth-order valence-electron chi connectivity index (χ4n) is 0.794. The Kier molecular flexibility index (Phi) is 4.26. The lowest BCUT2D eigenvalue weighted by Crippen LogP contribution is -2.36. The largest absolute Gasteiger partial charge is 0.480 e. The fraction of sp³-hybridized carbons (Fsp3) is 0.714. The zero-order valence-corrected chi connectivity index (χ0v) is 6.70. The number of aliphatic carboxylic acids is 1. The molecule has 0 bridgehead atoms. The van der Waals surface area contributed by atoms with E-state index >= 15 is 0 Å². The number of nitrogens with one attached hydrogen (secondary N) is 1. The van der Waals surface area contributed by atoms with Gasteiger partial charge < -0.3 is 10.4 Å². The molecule has 0 saturated carbocycles. The number of carboxylic acids is 1. The van der Waals surface area contributed by atoms with Crippen LogP contribution in [0.4, 0.5) is 0 Å². The molecule has 1 atom stereocenters. The van der Waals surface area contributed by atoms with Crippen molar-refractivity contribution in [1.29, 1.82) is 0 Å². The lowest BCUT2D eigenvalue weighted by molar-refractivity contribution is -0.141. The van der Waals surface area contributed by atoms with Crippen LogP contribution in [0.25, 0.3) is 0 Å². The maximum Gasteiger partial charge on any atom is 0.326 e. The van der Waals surface area contributed by atoms with E-state index in [4.69, 9.17) is 5.11 Å². The van der Waals surface area contributed by atoms with E-state index in [1.807, 2.05) is 13.8 Å². The SMILES string of the molecule is CC(C)C[C@H](NC=O)C(=O)O. The van der Waals surface area contributed by atoms with Gasteiger partial charge in [0, 0.05) is 0 Å². The quantitative estimate of drug-likeness (QED) is 0.564. The summed E-state index contributed by atoms with van der Waals surface area (Å²) in [5, 5.41) is 10.8. The molecule has 0 aromatic heterocycles. The first-order chi connectivity index (χ1) is 5.07. The van der Waals surface area contributed by atoms with Crippen molar-refractivity contribution in [2.24, 2.45) is 5.92 Å². The third-order valence-corrected chi connectivity index (χ3v) is 1.27. The summed E-state index contributed by atoms with van der Waals surface area (Å²) in [5.41, 5.74) is 0. The third kappa shape index (κ3) is 4.36. The Morgan fingerprint density at radius 2 is 2.18 bits per heavy atom. The van der Waals surface area contributed by atoms with E-state index in [0.717, 1.165) is 0 Å². The zero-order valence-electron chi connectivity index (χ0n) is 6.70. The van der Waals surface area contributed by atoms with Gasteiger partial charge in [0.25, 0.3) is 0 Å². The van der Waals surface area contributed by atoms with Gasteiger partial charge in [0.05, 0.1) is 0 Å². The summed E-state index contributed by atoms with van der Waals surface area (Å²) in [6, 6.07) is -0.743. The van der Waals surface area contributed by atoms with Crippen molar-refractivity contribution in [2.45, 2.75) is 26.3 Å². The molecule has 4 nitrogen and oxygen atoms in total. The highest BCUT2D eigenvalue weighted by atomic mass is 16.4. The van der Waals surface area contributed by atoms with Crippen LogP contribution >= 0.6 is 0 Å². The Labute approximate surface area is 65.6 Å². The van der Waals surface area contributed by atoms with E-state index in [9.17, 15) is 9.59 Å². The number of hydrogen-bond donors (Lipinski definition) is 2. The second-order valence-corrected chi connectivity index (χ2v) is 2.80. The molecular formula is C7H13NO3. The lowest BCUT2D eigenvalue weighted by Gasteiger charge is -2.12. The van der Waals surface area contributed by atoms with Gasteiger partial charge >= 0.3 is 5.97 Å². The molecule has 0 aliphatic heterocycles. The molecule has 4 heteroatoms. The van der Waals surface area contributed by atoms with Gasteiger partial charge in [-0.2, -0.15) is 0 Å². The van der Waals surface area contributed by atoms with Crippen LogP contribution in [0.5, 0.6) is 0 Å². The number of carbonyl (C=O) groups is 2. The summed E-state index contributed by atoms with van der Waals surface area (Å²) < 4.78 is 0. The van der Waals surface area contributed by atoms with Crippen molar-refractivity contribution in [2.75, 3.05) is 0 Å². The molecule has 0 saturated heterocycles. The summed E-state index contributed by atoms with van der Waals surface area (Å²) in [5.74, 6) is -0.714. The average molecular weight is 159 g/mol. The van der Waals surface area contributed by atoms with Crippen LogP contribution in [-0.4, -0.2) is 23.5 Å². The predicted molar refractivity (Wildman–Crippen MR) is 40.1 cm³/mol. The van der Waals surface area contributed by atoms with Crippen LogP contribution in [0.2, 0.25) is 0 Å². The standard InChI is InChI=1S/C7H13NO3/c1-5(2)3-6(7(10)11)8-4-9/h4-6H,3H2,1-2H3,(H,8,9)(H,10,11)/t6-/m0/s1. The highest BCUT2D eigenvalue weighted by molar-refractivity contribution is 5.76. The zero-order chi connectivity index (χ0) is 8.85. The molecule has 0 unspecified atom stereocenters. The molecule has 11 heavy (non-hydrogen) atoms. The number of carboxylic acid groups (broad SMARTS) is 1. The van der Waals surface area contributed by atoms with Gasteiger partial charge in [-0.3, -0.25) is 4.79 Å². The van der Waals surface area contributed by atoms with Crippen LogP contribution in [0, 0.1) is 5.92 Å². The van der Waals surface area contributed by atoms with E-state index in [1.54, 1.807) is 0 Å². The number of carbonyl (C=O) groups excluding carboxylic acids is 1. The minimum atomic E-state index is -0.981. The Balaban J connectivity index is 3.88. The van der Waals surface area contributed by atoms with Gasteiger partial charge in [0.15, 0.2) is 0 Å². The van der Waals surface area contributed by atoms with Crippen molar-refractivity contribution in [1.82, 2.24) is 5.32 Å². The number of hydrogen-bond acceptors (Lipinski definition) is 2. The Hall–Kier alpha value is -1.06. The smallest absolute Gasteiger partial charge is 0.326 e. The Bertz CT molecular complexity index is 145. The molecule has 0 rings (SSSR count). The van der Waals surface area contributed by atoms with Gasteiger partial charge in [-0.15, -0.1) is 0 Å². The number of amides is 1. The topological polar surface area (TPSA) is 66.4 Å². The maximum absolute atomic E-state index is 10.4. The predicted octanol–water partition coefficient (Wildman–Crippen LogP) is 0.232. The molecule has 0 heterocycles. The molecule has 2 N–H and O–H groups in total. The second kappa shape index (κ2) is 4.71. The summed E-state index contributed by atoms with van der Waals surface area (Å²) in [4.78, 5) is 20.3. The van der Waals surface area contributed by atoms with Crippen molar-refractivity contribution in [3.8, 4) is 0 Å². The first-order valence-electron chi connectivity index (χ1n) is 3.50. The van der Waals surface area contributed by atoms with E-state index in [0.29, 0.717) is 12.8 Å². The van der Waals surface area contributed by atoms with Gasteiger partial charge in [-0.25, -0.2) is 4.79 Å². The minimum Gasteiger partial charge on any atom is -0.480 e.